The zero-order valence-electron chi connectivity index (χ0n) is 11.6. The summed E-state index contributed by atoms with van der Waals surface area (Å²) >= 11 is 0. The number of methoxy groups -OCH3 is 1. The molecule has 116 valence electrons. The molecule has 0 unspecified atom stereocenters. The quantitative estimate of drug-likeness (QED) is 0.644. The van der Waals surface area contributed by atoms with Gasteiger partial charge in [0.1, 0.15) is 10.6 Å². The summed E-state index contributed by atoms with van der Waals surface area (Å²) in [6.07, 6.45) is 0.717. The average Bonchev–Trinajstić information content (AvgIpc) is 2.76. The Morgan fingerprint density at radius 1 is 1.33 bits per heavy atom. The first-order valence-electron chi connectivity index (χ1n) is 6.50. The van der Waals surface area contributed by atoms with Crippen LogP contribution in [0.4, 0.5) is 5.69 Å². The Hall–Kier alpha value is -1.71. The lowest BCUT2D eigenvalue weighted by molar-refractivity contribution is -0.385. The average molecular weight is 315 g/mol. The van der Waals surface area contributed by atoms with E-state index in [1.54, 1.807) is 0 Å². The van der Waals surface area contributed by atoms with Gasteiger partial charge >= 0.3 is 0 Å². The van der Waals surface area contributed by atoms with Gasteiger partial charge in [0, 0.05) is 25.7 Å². The Balaban J connectivity index is 2.41. The second-order valence-electron chi connectivity index (χ2n) is 4.60. The maximum atomic E-state index is 12.6. The van der Waals surface area contributed by atoms with Crippen molar-refractivity contribution < 1.29 is 18.1 Å². The largest absolute Gasteiger partial charge is 0.495 e. The Labute approximate surface area is 122 Å². The fourth-order valence-corrected chi connectivity index (χ4v) is 3.80. The summed E-state index contributed by atoms with van der Waals surface area (Å²) in [6, 6.07) is 3.53. The fraction of sp³-hybridized carbons (Fsp3) is 0.500. The Morgan fingerprint density at radius 2 is 2.10 bits per heavy atom. The van der Waals surface area contributed by atoms with Crippen LogP contribution in [0.25, 0.3) is 0 Å². The zero-order valence-corrected chi connectivity index (χ0v) is 12.4. The first-order chi connectivity index (χ1) is 9.96. The van der Waals surface area contributed by atoms with Crippen molar-refractivity contribution in [3.8, 4) is 5.75 Å². The Kier molecular flexibility index (Phi) is 4.76. The zero-order chi connectivity index (χ0) is 15.5. The number of non-ortho nitro benzene ring substituents is 1. The molecule has 8 nitrogen and oxygen atoms in total. The predicted molar refractivity (Wildman–Crippen MR) is 75.9 cm³/mol. The summed E-state index contributed by atoms with van der Waals surface area (Å²) in [5.74, 6) is -0.0126. The molecule has 0 radical (unpaired) electrons. The number of nitro benzene ring substituents is 1. The van der Waals surface area contributed by atoms with Crippen LogP contribution in [0.5, 0.6) is 5.75 Å². The topological polar surface area (TPSA) is 102 Å². The van der Waals surface area contributed by atoms with Crippen LogP contribution in [-0.2, 0) is 10.0 Å². The molecule has 0 atom stereocenters. The summed E-state index contributed by atoms with van der Waals surface area (Å²) in [5.41, 5.74) is -0.205. The van der Waals surface area contributed by atoms with Gasteiger partial charge in [0.05, 0.1) is 18.1 Å². The summed E-state index contributed by atoms with van der Waals surface area (Å²) < 4.78 is 31.7. The van der Waals surface area contributed by atoms with E-state index in [2.05, 4.69) is 5.32 Å². The van der Waals surface area contributed by atoms with Crippen molar-refractivity contribution in [3.05, 3.63) is 28.3 Å². The van der Waals surface area contributed by atoms with Crippen LogP contribution in [0, 0.1) is 10.1 Å². The van der Waals surface area contributed by atoms with Crippen LogP contribution in [0.2, 0.25) is 0 Å². The highest BCUT2D eigenvalue weighted by atomic mass is 32.2. The van der Waals surface area contributed by atoms with Gasteiger partial charge in [0.15, 0.2) is 0 Å². The van der Waals surface area contributed by atoms with E-state index in [9.17, 15) is 18.5 Å². The standard InChI is InChI=1S/C12H17N3O5S/c1-20-11-9-10(15(16)17)3-4-12(11)21(18,19)14-7-2-5-13-6-8-14/h3-4,9,13H,2,5-8H2,1H3. The van der Waals surface area contributed by atoms with Gasteiger partial charge in [-0.3, -0.25) is 10.1 Å². The minimum Gasteiger partial charge on any atom is -0.495 e. The van der Waals surface area contributed by atoms with Crippen LogP contribution in [0.3, 0.4) is 0 Å². The van der Waals surface area contributed by atoms with E-state index in [4.69, 9.17) is 4.74 Å². The van der Waals surface area contributed by atoms with Gasteiger partial charge < -0.3 is 10.1 Å². The molecule has 1 heterocycles. The molecule has 2 rings (SSSR count). The van der Waals surface area contributed by atoms with Gasteiger partial charge in [0.25, 0.3) is 5.69 Å². The third-order valence-corrected chi connectivity index (χ3v) is 5.21. The molecule has 1 fully saturated rings. The number of ether oxygens (including phenoxy) is 1. The smallest absolute Gasteiger partial charge is 0.273 e. The lowest BCUT2D eigenvalue weighted by atomic mass is 10.3. The highest BCUT2D eigenvalue weighted by Gasteiger charge is 2.29. The van der Waals surface area contributed by atoms with Gasteiger partial charge in [-0.25, -0.2) is 8.42 Å². The number of nitro groups is 1. The van der Waals surface area contributed by atoms with Crippen molar-refractivity contribution >= 4 is 15.7 Å². The van der Waals surface area contributed by atoms with Crippen molar-refractivity contribution in [1.82, 2.24) is 9.62 Å². The molecule has 0 aromatic heterocycles. The number of nitrogens with one attached hydrogen (secondary N) is 1. The van der Waals surface area contributed by atoms with E-state index in [1.165, 1.54) is 23.5 Å². The third-order valence-electron chi connectivity index (χ3n) is 3.27. The molecule has 1 aliphatic rings. The van der Waals surface area contributed by atoms with Crippen LogP contribution in [-0.4, -0.2) is 50.9 Å². The number of rotatable bonds is 4. The van der Waals surface area contributed by atoms with Crippen molar-refractivity contribution in [2.45, 2.75) is 11.3 Å². The maximum Gasteiger partial charge on any atom is 0.273 e. The minimum atomic E-state index is -3.72. The first kappa shape index (κ1) is 15.7. The van der Waals surface area contributed by atoms with Crippen molar-refractivity contribution in [3.63, 3.8) is 0 Å². The van der Waals surface area contributed by atoms with E-state index >= 15 is 0 Å². The summed E-state index contributed by atoms with van der Waals surface area (Å²) in [7, 11) is -2.43. The second-order valence-corrected chi connectivity index (χ2v) is 6.51. The molecule has 1 aromatic carbocycles. The van der Waals surface area contributed by atoms with Gasteiger partial charge in [0.2, 0.25) is 10.0 Å². The number of nitrogens with zero attached hydrogens (tertiary/aromatic N) is 2. The SMILES string of the molecule is COc1cc([N+](=O)[O-])ccc1S(=O)(=O)N1CCCNCC1. The number of hydrogen-bond acceptors (Lipinski definition) is 6. The van der Waals surface area contributed by atoms with E-state index in [0.29, 0.717) is 26.1 Å². The van der Waals surface area contributed by atoms with E-state index in [1.807, 2.05) is 0 Å². The van der Waals surface area contributed by atoms with Gasteiger partial charge in [-0.2, -0.15) is 4.31 Å². The molecule has 1 aromatic rings. The lowest BCUT2D eigenvalue weighted by Crippen LogP contribution is -2.34. The summed E-state index contributed by atoms with van der Waals surface area (Å²) in [4.78, 5) is 10.1. The van der Waals surface area contributed by atoms with Gasteiger partial charge in [-0.1, -0.05) is 0 Å². The molecule has 0 saturated carbocycles. The third kappa shape index (κ3) is 3.31. The fourth-order valence-electron chi connectivity index (χ4n) is 2.18. The van der Waals surface area contributed by atoms with Crippen LogP contribution in [0.15, 0.2) is 23.1 Å². The van der Waals surface area contributed by atoms with Gasteiger partial charge in [-0.05, 0) is 19.0 Å². The molecule has 0 bridgehead atoms. The van der Waals surface area contributed by atoms with Crippen LogP contribution < -0.4 is 10.1 Å². The molecule has 1 aliphatic heterocycles. The first-order valence-corrected chi connectivity index (χ1v) is 7.94. The number of benzene rings is 1. The summed E-state index contributed by atoms with van der Waals surface area (Å²) in [6.45, 7) is 2.12. The molecule has 0 spiro atoms. The maximum absolute atomic E-state index is 12.6. The number of hydrogen-bond donors (Lipinski definition) is 1. The lowest BCUT2D eigenvalue weighted by Gasteiger charge is -2.20. The second kappa shape index (κ2) is 6.37. The van der Waals surface area contributed by atoms with E-state index < -0.39 is 14.9 Å². The van der Waals surface area contributed by atoms with Crippen LogP contribution >= 0.6 is 0 Å². The predicted octanol–water partition coefficient (Wildman–Crippen LogP) is 0.587. The van der Waals surface area contributed by atoms with E-state index in [-0.39, 0.29) is 16.3 Å². The molecule has 21 heavy (non-hydrogen) atoms. The van der Waals surface area contributed by atoms with Crippen molar-refractivity contribution in [2.75, 3.05) is 33.3 Å². The van der Waals surface area contributed by atoms with Crippen molar-refractivity contribution in [2.24, 2.45) is 0 Å². The molecular formula is C12H17N3O5S. The van der Waals surface area contributed by atoms with Crippen molar-refractivity contribution in [1.29, 1.82) is 0 Å². The Bertz CT molecular complexity index is 624. The number of sulfonamides is 1. The molecule has 0 aliphatic carbocycles. The highest BCUT2D eigenvalue weighted by Crippen LogP contribution is 2.30. The van der Waals surface area contributed by atoms with Crippen LogP contribution in [0.1, 0.15) is 6.42 Å². The molecule has 0 amide bonds. The Morgan fingerprint density at radius 3 is 2.76 bits per heavy atom. The monoisotopic (exact) mass is 315 g/mol. The normalized spacial score (nSPS) is 17.2. The molecule has 1 N–H and O–H groups in total. The minimum absolute atomic E-state index is 0.0126. The van der Waals surface area contributed by atoms with Gasteiger partial charge in [-0.15, -0.1) is 0 Å². The summed E-state index contributed by atoms with van der Waals surface area (Å²) in [5, 5.41) is 13.9. The molecule has 1 saturated heterocycles. The highest BCUT2D eigenvalue weighted by molar-refractivity contribution is 7.89. The molecular weight excluding hydrogens is 298 g/mol. The van der Waals surface area contributed by atoms with E-state index in [0.717, 1.165) is 12.6 Å². The molecule has 9 heteroatoms.